The van der Waals surface area contributed by atoms with Crippen molar-refractivity contribution < 1.29 is 0 Å². The van der Waals surface area contributed by atoms with Crippen molar-refractivity contribution in [3.8, 4) is 11.1 Å². The van der Waals surface area contributed by atoms with E-state index in [4.69, 9.17) is 0 Å². The van der Waals surface area contributed by atoms with E-state index in [1.54, 1.807) is 5.56 Å². The van der Waals surface area contributed by atoms with Gasteiger partial charge in [-0.15, -0.1) is 0 Å². The number of nitrogens with one attached hydrogen (secondary N) is 1. The number of benzene rings is 3. The predicted octanol–water partition coefficient (Wildman–Crippen LogP) is 7.72. The molecule has 1 N–H and O–H groups in total. The third-order valence-corrected chi connectivity index (χ3v) is 7.72. The van der Waals surface area contributed by atoms with Gasteiger partial charge in [-0.05, 0) is 76.4 Å². The molecule has 0 spiro atoms. The maximum absolute atomic E-state index is 3.77. The van der Waals surface area contributed by atoms with Crippen LogP contribution >= 0.6 is 0 Å². The second-order valence-corrected chi connectivity index (χ2v) is 9.22. The number of fused-ring (bicyclic) bond motifs is 5. The van der Waals surface area contributed by atoms with Crippen LogP contribution in [0.15, 0.2) is 54.6 Å². The van der Waals surface area contributed by atoms with E-state index in [9.17, 15) is 0 Å². The Hall–Kier alpha value is -2.54. The monoisotopic (exact) mass is 381 g/mol. The molecule has 0 saturated heterocycles. The molecule has 0 radical (unpaired) electrons. The van der Waals surface area contributed by atoms with Crippen molar-refractivity contribution >= 4 is 11.4 Å². The van der Waals surface area contributed by atoms with Crippen LogP contribution in [0, 0.1) is 0 Å². The molecule has 1 nitrogen and oxygen atoms in total. The van der Waals surface area contributed by atoms with Gasteiger partial charge in [0.2, 0.25) is 0 Å². The van der Waals surface area contributed by atoms with Gasteiger partial charge in [0.1, 0.15) is 0 Å². The quantitative estimate of drug-likeness (QED) is 0.489. The summed E-state index contributed by atoms with van der Waals surface area (Å²) in [7, 11) is 0. The maximum Gasteiger partial charge on any atom is 0.0429 e. The fourth-order valence-corrected chi connectivity index (χ4v) is 6.07. The first-order valence-electron chi connectivity index (χ1n) is 11.2. The molecule has 0 atom stereocenters. The Morgan fingerprint density at radius 3 is 2.21 bits per heavy atom. The third-order valence-electron chi connectivity index (χ3n) is 7.72. The van der Waals surface area contributed by atoms with E-state index < -0.39 is 0 Å². The average Bonchev–Trinajstić information content (AvgIpc) is 3.02. The van der Waals surface area contributed by atoms with Crippen LogP contribution < -0.4 is 5.32 Å². The molecule has 0 saturated carbocycles. The second kappa shape index (κ2) is 6.23. The normalized spacial score (nSPS) is 17.0. The van der Waals surface area contributed by atoms with E-state index in [-0.39, 0.29) is 10.8 Å². The first kappa shape index (κ1) is 18.5. The van der Waals surface area contributed by atoms with Crippen LogP contribution in [0.25, 0.3) is 11.1 Å². The summed E-state index contributed by atoms with van der Waals surface area (Å²) in [6.07, 6.45) is 3.37. The second-order valence-electron chi connectivity index (χ2n) is 9.22. The molecular formula is C28H31N. The topological polar surface area (TPSA) is 12.0 Å². The Labute approximate surface area is 175 Å². The van der Waals surface area contributed by atoms with Crippen LogP contribution in [0.4, 0.5) is 11.4 Å². The minimum Gasteiger partial charge on any atom is -0.355 e. The zero-order chi connectivity index (χ0) is 20.4. The van der Waals surface area contributed by atoms with Gasteiger partial charge < -0.3 is 5.32 Å². The standard InChI is InChI=1S/C28H31N/c1-6-18-12-11-13-19-20-16-23-25(17-22(20)28(7-2,8-3)26(18)19)29-24-15-10-9-14-21(24)27(23,4)5/h9-17,29H,6-8H2,1-5H3. The number of para-hydroxylation sites is 1. The first-order chi connectivity index (χ1) is 14.0. The summed E-state index contributed by atoms with van der Waals surface area (Å²) < 4.78 is 0. The van der Waals surface area contributed by atoms with Crippen molar-refractivity contribution in [1.82, 2.24) is 0 Å². The minimum atomic E-state index is -0.0155. The van der Waals surface area contributed by atoms with Crippen molar-refractivity contribution in [2.24, 2.45) is 0 Å². The highest BCUT2D eigenvalue weighted by Crippen LogP contribution is 2.57. The molecule has 3 aromatic rings. The number of aryl methyl sites for hydroxylation is 1. The summed E-state index contributed by atoms with van der Waals surface area (Å²) in [6.45, 7) is 11.7. The Morgan fingerprint density at radius 2 is 1.48 bits per heavy atom. The summed E-state index contributed by atoms with van der Waals surface area (Å²) in [6, 6.07) is 20.7. The molecule has 1 aliphatic heterocycles. The highest BCUT2D eigenvalue weighted by Gasteiger charge is 2.44. The van der Waals surface area contributed by atoms with Gasteiger partial charge in [0.25, 0.3) is 0 Å². The molecule has 0 unspecified atom stereocenters. The van der Waals surface area contributed by atoms with Gasteiger partial charge in [0.05, 0.1) is 0 Å². The van der Waals surface area contributed by atoms with E-state index in [1.807, 2.05) is 0 Å². The Balaban J connectivity index is 1.83. The van der Waals surface area contributed by atoms with Gasteiger partial charge in [-0.2, -0.15) is 0 Å². The van der Waals surface area contributed by atoms with Crippen molar-refractivity contribution in [2.75, 3.05) is 5.32 Å². The summed E-state index contributed by atoms with van der Waals surface area (Å²) >= 11 is 0. The molecule has 0 amide bonds. The zero-order valence-corrected chi connectivity index (χ0v) is 18.3. The summed E-state index contributed by atoms with van der Waals surface area (Å²) in [5.41, 5.74) is 12.9. The highest BCUT2D eigenvalue weighted by molar-refractivity contribution is 5.88. The lowest BCUT2D eigenvalue weighted by Crippen LogP contribution is -2.28. The van der Waals surface area contributed by atoms with E-state index in [2.05, 4.69) is 94.5 Å². The summed E-state index contributed by atoms with van der Waals surface area (Å²) in [4.78, 5) is 0. The van der Waals surface area contributed by atoms with Crippen LogP contribution in [-0.2, 0) is 17.3 Å². The number of anilines is 2. The van der Waals surface area contributed by atoms with E-state index in [0.29, 0.717) is 0 Å². The summed E-state index contributed by atoms with van der Waals surface area (Å²) in [5, 5.41) is 3.77. The van der Waals surface area contributed by atoms with Crippen LogP contribution in [-0.4, -0.2) is 0 Å². The lowest BCUT2D eigenvalue weighted by atomic mass is 9.70. The van der Waals surface area contributed by atoms with Gasteiger partial charge in [-0.3, -0.25) is 0 Å². The lowest BCUT2D eigenvalue weighted by molar-refractivity contribution is 0.486. The van der Waals surface area contributed by atoms with Gasteiger partial charge in [0, 0.05) is 22.2 Å². The molecule has 3 aromatic carbocycles. The van der Waals surface area contributed by atoms with Crippen molar-refractivity contribution in [1.29, 1.82) is 0 Å². The van der Waals surface area contributed by atoms with Gasteiger partial charge in [0.15, 0.2) is 0 Å². The van der Waals surface area contributed by atoms with Crippen molar-refractivity contribution in [2.45, 2.75) is 64.7 Å². The van der Waals surface area contributed by atoms with Crippen LogP contribution in [0.3, 0.4) is 0 Å². The molecular weight excluding hydrogens is 350 g/mol. The van der Waals surface area contributed by atoms with Crippen molar-refractivity contribution in [3.63, 3.8) is 0 Å². The number of rotatable bonds is 3. The third kappa shape index (κ3) is 2.28. The average molecular weight is 382 g/mol. The summed E-state index contributed by atoms with van der Waals surface area (Å²) in [5.74, 6) is 0. The lowest BCUT2D eigenvalue weighted by Gasteiger charge is -2.37. The molecule has 1 heteroatoms. The fraction of sp³-hybridized carbons (Fsp3) is 0.357. The zero-order valence-electron chi connectivity index (χ0n) is 18.3. The molecule has 1 aliphatic carbocycles. The van der Waals surface area contributed by atoms with Gasteiger partial charge in [-0.1, -0.05) is 71.0 Å². The Bertz CT molecular complexity index is 1120. The van der Waals surface area contributed by atoms with E-state index in [0.717, 1.165) is 19.3 Å². The van der Waals surface area contributed by atoms with E-state index >= 15 is 0 Å². The Kier molecular flexibility index (Phi) is 3.97. The molecule has 0 aromatic heterocycles. The molecule has 0 fully saturated rings. The fourth-order valence-electron chi connectivity index (χ4n) is 6.07. The maximum atomic E-state index is 3.77. The van der Waals surface area contributed by atoms with Gasteiger partial charge in [-0.25, -0.2) is 0 Å². The minimum absolute atomic E-state index is 0.0155. The Morgan fingerprint density at radius 1 is 0.724 bits per heavy atom. The molecule has 2 aliphatic rings. The molecule has 0 bridgehead atoms. The molecule has 29 heavy (non-hydrogen) atoms. The number of hydrogen-bond acceptors (Lipinski definition) is 1. The first-order valence-corrected chi connectivity index (χ1v) is 11.2. The van der Waals surface area contributed by atoms with Gasteiger partial charge >= 0.3 is 0 Å². The van der Waals surface area contributed by atoms with E-state index in [1.165, 1.54) is 44.8 Å². The van der Waals surface area contributed by atoms with Crippen LogP contribution in [0.5, 0.6) is 0 Å². The van der Waals surface area contributed by atoms with Crippen LogP contribution in [0.2, 0.25) is 0 Å². The van der Waals surface area contributed by atoms with Crippen molar-refractivity contribution in [3.05, 3.63) is 82.4 Å². The highest BCUT2D eigenvalue weighted by atomic mass is 14.9. The van der Waals surface area contributed by atoms with Crippen LogP contribution in [0.1, 0.15) is 75.3 Å². The molecule has 1 heterocycles. The predicted molar refractivity (Wildman–Crippen MR) is 124 cm³/mol. The SMILES string of the molecule is CCc1cccc2c1C(CC)(CC)c1cc3c(cc1-2)C(C)(C)c1ccccc1N3. The molecule has 5 rings (SSSR count). The smallest absolute Gasteiger partial charge is 0.0429 e. The number of hydrogen-bond donors (Lipinski definition) is 1. The largest absolute Gasteiger partial charge is 0.355 e. The molecule has 148 valence electrons.